The largest absolute Gasteiger partial charge is 0.289 e. The first-order valence-electron chi connectivity index (χ1n) is 8.48. The van der Waals surface area contributed by atoms with Crippen molar-refractivity contribution in [1.29, 1.82) is 0 Å². The van der Waals surface area contributed by atoms with Crippen LogP contribution in [0.15, 0.2) is 66.6 Å². The SMILES string of the molecule is Cc1ccc(-c2ccc(CC3=CC(=O)c4ncncc4C3=O)cc2)cc1F. The number of rotatable bonds is 3. The van der Waals surface area contributed by atoms with Crippen molar-refractivity contribution in [3.05, 3.63) is 94.8 Å². The summed E-state index contributed by atoms with van der Waals surface area (Å²) in [6, 6.07) is 12.6. The Labute approximate surface area is 155 Å². The summed E-state index contributed by atoms with van der Waals surface area (Å²) in [5, 5.41) is 0. The van der Waals surface area contributed by atoms with Gasteiger partial charge in [-0.15, -0.1) is 0 Å². The predicted octanol–water partition coefficient (Wildman–Crippen LogP) is 4.14. The van der Waals surface area contributed by atoms with Crippen LogP contribution in [-0.4, -0.2) is 21.5 Å². The average molecular weight is 358 g/mol. The lowest BCUT2D eigenvalue weighted by molar-refractivity contribution is 0.0978. The first-order chi connectivity index (χ1) is 13.0. The molecule has 27 heavy (non-hydrogen) atoms. The Morgan fingerprint density at radius 3 is 2.48 bits per heavy atom. The molecule has 0 bridgehead atoms. The van der Waals surface area contributed by atoms with E-state index in [-0.39, 0.29) is 28.6 Å². The minimum Gasteiger partial charge on any atom is -0.289 e. The van der Waals surface area contributed by atoms with Crippen LogP contribution < -0.4 is 0 Å². The fourth-order valence-corrected chi connectivity index (χ4v) is 3.10. The number of carbonyl (C=O) groups is 2. The van der Waals surface area contributed by atoms with E-state index in [2.05, 4.69) is 9.97 Å². The Bertz CT molecular complexity index is 1100. The topological polar surface area (TPSA) is 59.9 Å². The molecule has 0 aliphatic heterocycles. The third-order valence-corrected chi connectivity index (χ3v) is 4.64. The predicted molar refractivity (Wildman–Crippen MR) is 99.1 cm³/mol. The maximum absolute atomic E-state index is 13.8. The number of aromatic nitrogens is 2. The van der Waals surface area contributed by atoms with E-state index in [1.165, 1.54) is 24.7 Å². The van der Waals surface area contributed by atoms with Gasteiger partial charge in [-0.3, -0.25) is 9.59 Å². The van der Waals surface area contributed by atoms with E-state index >= 15 is 0 Å². The van der Waals surface area contributed by atoms with Gasteiger partial charge < -0.3 is 0 Å². The van der Waals surface area contributed by atoms with Crippen LogP contribution in [0.25, 0.3) is 11.1 Å². The molecule has 1 heterocycles. The molecule has 132 valence electrons. The van der Waals surface area contributed by atoms with Crippen LogP contribution in [0.3, 0.4) is 0 Å². The van der Waals surface area contributed by atoms with Crippen molar-refractivity contribution in [1.82, 2.24) is 9.97 Å². The molecule has 0 amide bonds. The first kappa shape index (κ1) is 17.0. The molecule has 0 saturated heterocycles. The molecule has 1 aliphatic rings. The fourth-order valence-electron chi connectivity index (χ4n) is 3.10. The van der Waals surface area contributed by atoms with Gasteiger partial charge in [0.05, 0.1) is 5.56 Å². The van der Waals surface area contributed by atoms with E-state index < -0.39 is 0 Å². The van der Waals surface area contributed by atoms with E-state index in [1.807, 2.05) is 30.3 Å². The molecule has 3 aromatic rings. The van der Waals surface area contributed by atoms with Gasteiger partial charge in [0.25, 0.3) is 0 Å². The Morgan fingerprint density at radius 1 is 1.00 bits per heavy atom. The lowest BCUT2D eigenvalue weighted by Gasteiger charge is -2.14. The van der Waals surface area contributed by atoms with Crippen LogP contribution in [0.4, 0.5) is 4.39 Å². The van der Waals surface area contributed by atoms with Gasteiger partial charge in [-0.05, 0) is 41.3 Å². The number of benzene rings is 2. The number of Topliss-reactive ketones (excluding diaryl/α,β-unsaturated/α-hetero) is 1. The van der Waals surface area contributed by atoms with Gasteiger partial charge in [0, 0.05) is 18.2 Å². The van der Waals surface area contributed by atoms with Crippen molar-refractivity contribution in [2.24, 2.45) is 0 Å². The van der Waals surface area contributed by atoms with E-state index in [0.717, 1.165) is 16.7 Å². The zero-order valence-corrected chi connectivity index (χ0v) is 14.6. The van der Waals surface area contributed by atoms with Crippen molar-refractivity contribution in [2.75, 3.05) is 0 Å². The molecular weight excluding hydrogens is 343 g/mol. The lowest BCUT2D eigenvalue weighted by Crippen LogP contribution is -2.20. The Morgan fingerprint density at radius 2 is 1.74 bits per heavy atom. The number of aryl methyl sites for hydroxylation is 1. The van der Waals surface area contributed by atoms with Gasteiger partial charge >= 0.3 is 0 Å². The Hall–Kier alpha value is -3.47. The zero-order chi connectivity index (χ0) is 19.0. The van der Waals surface area contributed by atoms with Gasteiger partial charge in [-0.25, -0.2) is 14.4 Å². The lowest BCUT2D eigenvalue weighted by atomic mass is 9.90. The summed E-state index contributed by atoms with van der Waals surface area (Å²) in [7, 11) is 0. The second kappa shape index (κ2) is 6.68. The normalized spacial score (nSPS) is 13.3. The van der Waals surface area contributed by atoms with E-state index in [1.54, 1.807) is 13.0 Å². The summed E-state index contributed by atoms with van der Waals surface area (Å²) >= 11 is 0. The molecule has 0 unspecified atom stereocenters. The second-order valence-corrected chi connectivity index (χ2v) is 6.49. The minimum atomic E-state index is -0.284. The third kappa shape index (κ3) is 3.19. The van der Waals surface area contributed by atoms with Crippen molar-refractivity contribution >= 4 is 11.6 Å². The van der Waals surface area contributed by atoms with Gasteiger partial charge in [-0.2, -0.15) is 0 Å². The van der Waals surface area contributed by atoms with Gasteiger partial charge in [0.15, 0.2) is 5.78 Å². The first-order valence-corrected chi connectivity index (χ1v) is 8.48. The molecule has 1 aliphatic carbocycles. The number of hydrogen-bond donors (Lipinski definition) is 0. The minimum absolute atomic E-state index is 0.149. The van der Waals surface area contributed by atoms with E-state index in [9.17, 15) is 14.0 Å². The van der Waals surface area contributed by atoms with Crippen LogP contribution in [0, 0.1) is 12.7 Å². The highest BCUT2D eigenvalue weighted by Crippen LogP contribution is 2.25. The van der Waals surface area contributed by atoms with Crippen molar-refractivity contribution in [2.45, 2.75) is 13.3 Å². The second-order valence-electron chi connectivity index (χ2n) is 6.49. The van der Waals surface area contributed by atoms with Crippen LogP contribution in [0.1, 0.15) is 32.0 Å². The molecule has 0 atom stereocenters. The Balaban J connectivity index is 1.58. The molecule has 0 radical (unpaired) electrons. The quantitative estimate of drug-likeness (QED) is 0.706. The van der Waals surface area contributed by atoms with Crippen LogP contribution in [-0.2, 0) is 6.42 Å². The highest BCUT2D eigenvalue weighted by atomic mass is 19.1. The molecule has 0 spiro atoms. The molecule has 0 N–H and O–H groups in total. The average Bonchev–Trinajstić information content (AvgIpc) is 2.69. The Kier molecular flexibility index (Phi) is 4.20. The number of hydrogen-bond acceptors (Lipinski definition) is 4. The number of allylic oxidation sites excluding steroid dienone is 2. The number of nitrogens with zero attached hydrogens (tertiary/aromatic N) is 2. The summed E-state index contributed by atoms with van der Waals surface area (Å²) in [4.78, 5) is 32.5. The van der Waals surface area contributed by atoms with Crippen LogP contribution in [0.2, 0.25) is 0 Å². The number of carbonyl (C=O) groups excluding carboxylic acids is 2. The molecule has 0 saturated carbocycles. The number of fused-ring (bicyclic) bond motifs is 1. The zero-order valence-electron chi connectivity index (χ0n) is 14.6. The van der Waals surface area contributed by atoms with Crippen LogP contribution >= 0.6 is 0 Å². The van der Waals surface area contributed by atoms with Gasteiger partial charge in [0.2, 0.25) is 5.78 Å². The summed E-state index contributed by atoms with van der Waals surface area (Å²) in [5.74, 6) is -0.752. The van der Waals surface area contributed by atoms with E-state index in [0.29, 0.717) is 17.6 Å². The van der Waals surface area contributed by atoms with Crippen molar-refractivity contribution in [3.63, 3.8) is 0 Å². The molecule has 4 nitrogen and oxygen atoms in total. The van der Waals surface area contributed by atoms with Crippen molar-refractivity contribution < 1.29 is 14.0 Å². The highest BCUT2D eigenvalue weighted by Gasteiger charge is 2.26. The smallest absolute Gasteiger partial charge is 0.205 e. The molecular formula is C22H15FN2O2. The number of halogens is 1. The fraction of sp³-hybridized carbons (Fsp3) is 0.0909. The molecule has 4 rings (SSSR count). The summed E-state index contributed by atoms with van der Waals surface area (Å²) < 4.78 is 13.8. The molecule has 2 aromatic carbocycles. The van der Waals surface area contributed by atoms with Crippen molar-refractivity contribution in [3.8, 4) is 11.1 Å². The summed E-state index contributed by atoms with van der Waals surface area (Å²) in [6.07, 6.45) is 4.32. The van der Waals surface area contributed by atoms with Gasteiger partial charge in [0.1, 0.15) is 17.8 Å². The van der Waals surface area contributed by atoms with Gasteiger partial charge in [-0.1, -0.05) is 36.4 Å². The monoisotopic (exact) mass is 358 g/mol. The molecule has 5 heteroatoms. The maximum Gasteiger partial charge on any atom is 0.205 e. The van der Waals surface area contributed by atoms with Crippen LogP contribution in [0.5, 0.6) is 0 Å². The van der Waals surface area contributed by atoms with E-state index in [4.69, 9.17) is 0 Å². The maximum atomic E-state index is 13.8. The number of ketones is 2. The highest BCUT2D eigenvalue weighted by molar-refractivity contribution is 6.23. The summed E-state index contributed by atoms with van der Waals surface area (Å²) in [6.45, 7) is 1.72. The third-order valence-electron chi connectivity index (χ3n) is 4.64. The molecule has 0 fully saturated rings. The standard InChI is InChI=1S/C22H15FN2O2/c1-13-2-5-16(9-19(13)23)15-6-3-14(4-7-15)8-17-10-20(26)21-18(22(17)27)11-24-12-25-21/h2-7,9-12H,8H2,1H3. The molecule has 1 aromatic heterocycles. The summed E-state index contributed by atoms with van der Waals surface area (Å²) in [5.41, 5.74) is 3.97.